The molecule has 5 rings (SSSR count). The number of hydrogen-bond acceptors (Lipinski definition) is 9. The van der Waals surface area contributed by atoms with Crippen LogP contribution in [0, 0.1) is 0 Å². The second-order valence-corrected chi connectivity index (χ2v) is 9.14. The van der Waals surface area contributed by atoms with Gasteiger partial charge in [-0.2, -0.15) is 18.2 Å². The molecule has 0 aliphatic carbocycles. The van der Waals surface area contributed by atoms with Crippen molar-refractivity contribution in [3.8, 4) is 40.0 Å². The van der Waals surface area contributed by atoms with Gasteiger partial charge in [-0.25, -0.2) is 0 Å². The number of carboxylic acids is 1. The predicted molar refractivity (Wildman–Crippen MR) is 129 cm³/mol. The van der Waals surface area contributed by atoms with Crippen molar-refractivity contribution in [3.05, 3.63) is 59.7 Å². The fourth-order valence-corrected chi connectivity index (χ4v) is 4.38. The van der Waals surface area contributed by atoms with Crippen molar-refractivity contribution in [1.29, 1.82) is 0 Å². The summed E-state index contributed by atoms with van der Waals surface area (Å²) in [5.41, 5.74) is -0.437. The molecule has 0 fully saturated rings. The van der Waals surface area contributed by atoms with Crippen molar-refractivity contribution in [2.24, 2.45) is 0 Å². The van der Waals surface area contributed by atoms with Crippen LogP contribution >= 0.6 is 0 Å². The first-order valence-electron chi connectivity index (χ1n) is 12.0. The van der Waals surface area contributed by atoms with Gasteiger partial charge in [0.15, 0.2) is 0 Å². The van der Waals surface area contributed by atoms with E-state index in [1.807, 2.05) is 6.92 Å². The minimum absolute atomic E-state index is 0.00340. The van der Waals surface area contributed by atoms with Crippen LogP contribution in [0.15, 0.2) is 57.6 Å². The summed E-state index contributed by atoms with van der Waals surface area (Å²) in [4.78, 5) is 14.9. The fourth-order valence-electron chi connectivity index (χ4n) is 4.38. The molecule has 0 saturated heterocycles. The average molecular weight is 544 g/mol. The number of halogens is 3. The van der Waals surface area contributed by atoms with Crippen LogP contribution in [0.3, 0.4) is 0 Å². The smallest absolute Gasteiger partial charge is 0.422 e. The summed E-state index contributed by atoms with van der Waals surface area (Å²) in [6.45, 7) is 1.94. The zero-order valence-electron chi connectivity index (χ0n) is 20.5. The topological polar surface area (TPSA) is 144 Å². The Labute approximate surface area is 219 Å². The van der Waals surface area contributed by atoms with E-state index in [1.165, 1.54) is 12.1 Å². The molecule has 2 aromatic heterocycles. The number of alkyl halides is 3. The molecule has 0 amide bonds. The maximum absolute atomic E-state index is 14.0. The number of fused-ring (bicyclic) bond motifs is 1. The summed E-state index contributed by atoms with van der Waals surface area (Å²) >= 11 is 0. The highest BCUT2D eigenvalue weighted by atomic mass is 19.4. The Morgan fingerprint density at radius 2 is 1.90 bits per heavy atom. The molecule has 13 heteroatoms. The van der Waals surface area contributed by atoms with Crippen molar-refractivity contribution in [1.82, 2.24) is 20.6 Å². The Morgan fingerprint density at radius 3 is 2.62 bits per heavy atom. The Bertz CT molecular complexity index is 1470. The lowest BCUT2D eigenvalue weighted by atomic mass is 9.96. The summed E-state index contributed by atoms with van der Waals surface area (Å²) in [6, 6.07) is 11.9. The predicted octanol–water partition coefficient (Wildman–Crippen LogP) is 4.71. The van der Waals surface area contributed by atoms with Gasteiger partial charge in [0.25, 0.3) is 5.89 Å². The normalized spacial score (nSPS) is 17.9. The first kappa shape index (κ1) is 26.4. The van der Waals surface area contributed by atoms with Crippen LogP contribution in [0.5, 0.6) is 5.75 Å². The monoisotopic (exact) mass is 544 g/mol. The van der Waals surface area contributed by atoms with Crippen LogP contribution in [-0.2, 0) is 11.0 Å². The molecule has 10 nitrogen and oxygen atoms in total. The van der Waals surface area contributed by atoms with Crippen molar-refractivity contribution in [2.75, 3.05) is 6.61 Å². The largest absolute Gasteiger partial charge is 0.491 e. The number of nitrogens with one attached hydrogen (secondary N) is 1. The van der Waals surface area contributed by atoms with E-state index in [1.54, 1.807) is 36.4 Å². The molecule has 3 heterocycles. The van der Waals surface area contributed by atoms with Crippen LogP contribution in [-0.4, -0.2) is 50.2 Å². The van der Waals surface area contributed by atoms with Gasteiger partial charge in [-0.05, 0) is 19.4 Å². The second-order valence-electron chi connectivity index (χ2n) is 9.14. The quantitative estimate of drug-likeness (QED) is 0.285. The highest BCUT2D eigenvalue weighted by Gasteiger charge is 2.43. The van der Waals surface area contributed by atoms with Crippen molar-refractivity contribution >= 4 is 5.97 Å². The zero-order valence-corrected chi connectivity index (χ0v) is 20.5. The molecule has 1 unspecified atom stereocenters. The summed E-state index contributed by atoms with van der Waals surface area (Å²) in [6.07, 6.45) is -5.36. The lowest BCUT2D eigenvalue weighted by molar-refractivity contribution is -0.138. The summed E-state index contributed by atoms with van der Waals surface area (Å²) in [5, 5.41) is 30.3. The summed E-state index contributed by atoms with van der Waals surface area (Å²) < 4.78 is 57.9. The number of aliphatic hydroxyl groups is 1. The summed E-state index contributed by atoms with van der Waals surface area (Å²) in [5.74, 6) is -1.76. The number of carbonyl (C=O) groups is 1. The molecule has 3 N–H and O–H groups in total. The van der Waals surface area contributed by atoms with Crippen LogP contribution in [0.25, 0.3) is 34.3 Å². The molecule has 3 atom stereocenters. The highest BCUT2D eigenvalue weighted by molar-refractivity contribution is 5.71. The van der Waals surface area contributed by atoms with Crippen LogP contribution in [0.2, 0.25) is 0 Å². The molecule has 0 radical (unpaired) electrons. The number of aromatic nitrogens is 3. The van der Waals surface area contributed by atoms with E-state index in [0.29, 0.717) is 23.3 Å². The molecule has 39 heavy (non-hydrogen) atoms. The Balaban J connectivity index is 1.38. The van der Waals surface area contributed by atoms with Gasteiger partial charge in [-0.1, -0.05) is 52.8 Å². The third-order valence-electron chi connectivity index (χ3n) is 6.32. The molecular formula is C26H23F3N4O6. The third kappa shape index (κ3) is 5.49. The molecular weight excluding hydrogens is 521 g/mol. The third-order valence-corrected chi connectivity index (χ3v) is 6.32. The molecule has 0 spiro atoms. The van der Waals surface area contributed by atoms with E-state index in [-0.39, 0.29) is 30.5 Å². The highest BCUT2D eigenvalue weighted by Crippen LogP contribution is 2.43. The molecule has 0 bridgehead atoms. The van der Waals surface area contributed by atoms with E-state index in [4.69, 9.17) is 18.9 Å². The van der Waals surface area contributed by atoms with E-state index < -0.39 is 47.2 Å². The maximum Gasteiger partial charge on any atom is 0.422 e. The molecule has 1 aliphatic rings. The van der Waals surface area contributed by atoms with Crippen molar-refractivity contribution < 1.29 is 42.0 Å². The molecule has 2 aromatic carbocycles. The van der Waals surface area contributed by atoms with E-state index in [9.17, 15) is 23.1 Å². The molecule has 1 aliphatic heterocycles. The minimum Gasteiger partial charge on any atom is -0.491 e. The molecule has 0 saturated carbocycles. The SMILES string of the molecule is CC(CCC(=O)O)N[C@@H]1COc2cc(-c3noc(-c4onc(-c5ccccc5)c4C(F)(F)F)n3)ccc2[C@H]1O. The average Bonchev–Trinajstić information content (AvgIpc) is 3.57. The number of aliphatic hydroxyl groups excluding tert-OH is 1. The Morgan fingerprint density at radius 1 is 1.13 bits per heavy atom. The van der Waals surface area contributed by atoms with Gasteiger partial charge >= 0.3 is 12.1 Å². The minimum atomic E-state index is -4.80. The van der Waals surface area contributed by atoms with E-state index >= 15 is 0 Å². The first-order chi connectivity index (χ1) is 18.6. The standard InChI is InChI=1S/C26H23F3N4O6/c1-13(7-10-19(34)35)30-17-12-37-18-11-15(8-9-16(18)22(17)36)24-31-25(39-33-24)23-20(26(27,28)29)21(32-38-23)14-5-3-2-4-6-14/h2-6,8-9,11,13,17,22,30,36H,7,10,12H2,1H3,(H,34,35)/t13?,17-,22-/m1/s1. The number of aliphatic carboxylic acids is 1. The number of ether oxygens (including phenoxy) is 1. The number of rotatable bonds is 8. The summed E-state index contributed by atoms with van der Waals surface area (Å²) in [7, 11) is 0. The van der Waals surface area contributed by atoms with Gasteiger partial charge in [0.05, 0.1) is 6.04 Å². The van der Waals surface area contributed by atoms with Gasteiger partial charge in [0, 0.05) is 29.2 Å². The van der Waals surface area contributed by atoms with Gasteiger partial charge in [-0.3, -0.25) is 4.79 Å². The van der Waals surface area contributed by atoms with Gasteiger partial charge in [0.2, 0.25) is 11.6 Å². The number of hydrogen-bond donors (Lipinski definition) is 3. The van der Waals surface area contributed by atoms with E-state index in [2.05, 4.69) is 20.6 Å². The second kappa shape index (κ2) is 10.5. The molecule has 204 valence electrons. The number of benzene rings is 2. The zero-order chi connectivity index (χ0) is 27.7. The molecule has 4 aromatic rings. The van der Waals surface area contributed by atoms with Crippen molar-refractivity contribution in [2.45, 2.75) is 44.1 Å². The Kier molecular flexibility index (Phi) is 7.10. The van der Waals surface area contributed by atoms with Gasteiger partial charge in [-0.15, -0.1) is 0 Å². The lowest BCUT2D eigenvalue weighted by Crippen LogP contribution is -2.46. The number of carboxylic acid groups (broad SMARTS) is 1. The van der Waals surface area contributed by atoms with Gasteiger partial charge < -0.3 is 29.3 Å². The first-order valence-corrected chi connectivity index (χ1v) is 12.0. The fraction of sp³-hybridized carbons (Fsp3) is 0.308. The van der Waals surface area contributed by atoms with Crippen LogP contribution < -0.4 is 10.1 Å². The van der Waals surface area contributed by atoms with Crippen molar-refractivity contribution in [3.63, 3.8) is 0 Å². The van der Waals surface area contributed by atoms with Crippen LogP contribution in [0.1, 0.15) is 37.0 Å². The van der Waals surface area contributed by atoms with Crippen LogP contribution in [0.4, 0.5) is 13.2 Å². The Hall–Kier alpha value is -4.23. The number of nitrogens with zero attached hydrogens (tertiary/aromatic N) is 3. The van der Waals surface area contributed by atoms with Gasteiger partial charge in [0.1, 0.15) is 29.7 Å². The maximum atomic E-state index is 14.0. The van der Waals surface area contributed by atoms with E-state index in [0.717, 1.165) is 0 Å². The lowest BCUT2D eigenvalue weighted by Gasteiger charge is -2.33.